The molecular formula is C22H20N2O2S. The number of carbonyl (C=O) groups is 1. The first-order valence-electron chi connectivity index (χ1n) is 8.53. The number of ketones is 1. The molecule has 2 N–H and O–H groups in total. The summed E-state index contributed by atoms with van der Waals surface area (Å²) in [5.41, 5.74) is 3.49. The van der Waals surface area contributed by atoms with Crippen molar-refractivity contribution in [1.29, 1.82) is 0 Å². The SMILES string of the molecule is CC(=O)c1ccc(NC(=S)Nc2ccc(Oc3cccc(C)c3)cc2)cc1. The van der Waals surface area contributed by atoms with Gasteiger partial charge in [0.2, 0.25) is 0 Å². The molecule has 0 aliphatic carbocycles. The number of benzene rings is 3. The summed E-state index contributed by atoms with van der Waals surface area (Å²) in [6.07, 6.45) is 0. The molecule has 0 bridgehead atoms. The average Bonchev–Trinajstić information content (AvgIpc) is 2.64. The van der Waals surface area contributed by atoms with Crippen molar-refractivity contribution in [1.82, 2.24) is 0 Å². The largest absolute Gasteiger partial charge is 0.457 e. The van der Waals surface area contributed by atoms with E-state index in [1.54, 1.807) is 19.1 Å². The molecule has 0 spiro atoms. The smallest absolute Gasteiger partial charge is 0.175 e. The van der Waals surface area contributed by atoms with Crippen LogP contribution in [-0.2, 0) is 0 Å². The summed E-state index contributed by atoms with van der Waals surface area (Å²) in [5, 5.41) is 6.69. The molecule has 0 atom stereocenters. The van der Waals surface area contributed by atoms with Crippen molar-refractivity contribution in [3.8, 4) is 11.5 Å². The average molecular weight is 376 g/mol. The minimum absolute atomic E-state index is 0.0372. The number of rotatable bonds is 5. The van der Waals surface area contributed by atoms with E-state index in [1.165, 1.54) is 0 Å². The molecule has 0 unspecified atom stereocenters. The Morgan fingerprint density at radius 2 is 1.44 bits per heavy atom. The van der Waals surface area contributed by atoms with Crippen LogP contribution < -0.4 is 15.4 Å². The molecule has 27 heavy (non-hydrogen) atoms. The van der Waals surface area contributed by atoms with Gasteiger partial charge in [-0.3, -0.25) is 4.79 Å². The van der Waals surface area contributed by atoms with Crippen LogP contribution >= 0.6 is 12.2 Å². The number of anilines is 2. The molecule has 0 aliphatic rings. The summed E-state index contributed by atoms with van der Waals surface area (Å²) in [6.45, 7) is 3.57. The van der Waals surface area contributed by atoms with Gasteiger partial charge in [0.15, 0.2) is 10.9 Å². The van der Waals surface area contributed by atoms with Gasteiger partial charge < -0.3 is 15.4 Å². The Labute approximate surface area is 164 Å². The van der Waals surface area contributed by atoms with Gasteiger partial charge >= 0.3 is 0 Å². The minimum atomic E-state index is 0.0372. The van der Waals surface area contributed by atoms with Crippen LogP contribution in [0.1, 0.15) is 22.8 Å². The number of carbonyl (C=O) groups excluding carboxylic acids is 1. The van der Waals surface area contributed by atoms with Crippen LogP contribution in [0.15, 0.2) is 72.8 Å². The van der Waals surface area contributed by atoms with E-state index >= 15 is 0 Å². The van der Waals surface area contributed by atoms with Crippen LogP contribution in [0, 0.1) is 6.92 Å². The first-order chi connectivity index (χ1) is 13.0. The molecule has 0 saturated carbocycles. The number of nitrogens with one attached hydrogen (secondary N) is 2. The second-order valence-electron chi connectivity index (χ2n) is 6.16. The molecule has 5 heteroatoms. The zero-order chi connectivity index (χ0) is 19.2. The summed E-state index contributed by atoms with van der Waals surface area (Å²) in [5.74, 6) is 1.60. The second kappa shape index (κ2) is 8.47. The lowest BCUT2D eigenvalue weighted by Crippen LogP contribution is -2.19. The van der Waals surface area contributed by atoms with Gasteiger partial charge in [0.05, 0.1) is 0 Å². The van der Waals surface area contributed by atoms with Crippen LogP contribution in [0.3, 0.4) is 0 Å². The lowest BCUT2D eigenvalue weighted by atomic mass is 10.1. The molecule has 0 fully saturated rings. The Kier molecular flexibility index (Phi) is 5.84. The zero-order valence-corrected chi connectivity index (χ0v) is 16.0. The Morgan fingerprint density at radius 1 is 0.852 bits per heavy atom. The molecule has 0 aromatic heterocycles. The number of hydrogen-bond acceptors (Lipinski definition) is 3. The molecule has 136 valence electrons. The standard InChI is InChI=1S/C22H20N2O2S/c1-15-4-3-5-21(14-15)26-20-12-10-19(11-13-20)24-22(27)23-18-8-6-17(7-9-18)16(2)25/h3-14H,1-2H3,(H2,23,24,27). The molecule has 3 rings (SSSR count). The highest BCUT2D eigenvalue weighted by Gasteiger charge is 2.03. The minimum Gasteiger partial charge on any atom is -0.457 e. The Balaban J connectivity index is 1.57. The van der Waals surface area contributed by atoms with Crippen LogP contribution in [-0.4, -0.2) is 10.9 Å². The summed E-state index contributed by atoms with van der Waals surface area (Å²) < 4.78 is 5.84. The molecule has 4 nitrogen and oxygen atoms in total. The summed E-state index contributed by atoms with van der Waals surface area (Å²) >= 11 is 5.33. The predicted octanol–water partition coefficient (Wildman–Crippen LogP) is 5.80. The Bertz CT molecular complexity index is 951. The van der Waals surface area contributed by atoms with Gasteiger partial charge in [-0.15, -0.1) is 0 Å². The van der Waals surface area contributed by atoms with E-state index in [0.29, 0.717) is 10.7 Å². The molecule has 0 amide bonds. The molecule has 3 aromatic rings. The van der Waals surface area contributed by atoms with E-state index in [4.69, 9.17) is 17.0 Å². The van der Waals surface area contributed by atoms with E-state index in [1.807, 2.05) is 67.6 Å². The lowest BCUT2D eigenvalue weighted by molar-refractivity contribution is 0.101. The van der Waals surface area contributed by atoms with Crippen molar-refractivity contribution in [3.63, 3.8) is 0 Å². The van der Waals surface area contributed by atoms with Crippen molar-refractivity contribution in [3.05, 3.63) is 83.9 Å². The fourth-order valence-electron chi connectivity index (χ4n) is 2.50. The van der Waals surface area contributed by atoms with Crippen molar-refractivity contribution in [2.24, 2.45) is 0 Å². The molecular weight excluding hydrogens is 356 g/mol. The summed E-state index contributed by atoms with van der Waals surface area (Å²) in [4.78, 5) is 11.3. The van der Waals surface area contributed by atoms with E-state index < -0.39 is 0 Å². The topological polar surface area (TPSA) is 50.4 Å². The third kappa shape index (κ3) is 5.39. The third-order valence-corrected chi connectivity index (χ3v) is 4.09. The highest BCUT2D eigenvalue weighted by molar-refractivity contribution is 7.80. The van der Waals surface area contributed by atoms with Crippen LogP contribution in [0.25, 0.3) is 0 Å². The van der Waals surface area contributed by atoms with E-state index in [2.05, 4.69) is 10.6 Å². The van der Waals surface area contributed by atoms with Crippen molar-refractivity contribution in [2.45, 2.75) is 13.8 Å². The third-order valence-electron chi connectivity index (χ3n) is 3.89. The predicted molar refractivity (Wildman–Crippen MR) is 114 cm³/mol. The van der Waals surface area contributed by atoms with Crippen LogP contribution in [0.4, 0.5) is 11.4 Å². The number of aryl methyl sites for hydroxylation is 1. The Hall–Kier alpha value is -3.18. The maximum atomic E-state index is 11.3. The first kappa shape index (κ1) is 18.6. The number of Topliss-reactive ketones (excluding diaryl/α,β-unsaturated/α-hetero) is 1. The van der Waals surface area contributed by atoms with Crippen LogP contribution in [0.5, 0.6) is 11.5 Å². The lowest BCUT2D eigenvalue weighted by Gasteiger charge is -2.12. The van der Waals surface area contributed by atoms with Gasteiger partial charge in [-0.2, -0.15) is 0 Å². The van der Waals surface area contributed by atoms with E-state index in [9.17, 15) is 4.79 Å². The highest BCUT2D eigenvalue weighted by Crippen LogP contribution is 2.23. The maximum absolute atomic E-state index is 11.3. The quantitative estimate of drug-likeness (QED) is 0.435. The monoisotopic (exact) mass is 376 g/mol. The van der Waals surface area contributed by atoms with E-state index in [-0.39, 0.29) is 5.78 Å². The van der Waals surface area contributed by atoms with E-state index in [0.717, 1.165) is 28.4 Å². The molecule has 0 radical (unpaired) electrons. The molecule has 0 saturated heterocycles. The number of ether oxygens (including phenoxy) is 1. The maximum Gasteiger partial charge on any atom is 0.175 e. The zero-order valence-electron chi connectivity index (χ0n) is 15.2. The van der Waals surface area contributed by atoms with Crippen molar-refractivity contribution >= 4 is 34.5 Å². The highest BCUT2D eigenvalue weighted by atomic mass is 32.1. The Morgan fingerprint density at radius 3 is 2.00 bits per heavy atom. The first-order valence-corrected chi connectivity index (χ1v) is 8.94. The number of hydrogen-bond donors (Lipinski definition) is 2. The van der Waals surface area contributed by atoms with Gasteiger partial charge in [0.25, 0.3) is 0 Å². The molecule has 0 aliphatic heterocycles. The van der Waals surface area contributed by atoms with Gasteiger partial charge in [0, 0.05) is 16.9 Å². The van der Waals surface area contributed by atoms with Gasteiger partial charge in [-0.25, -0.2) is 0 Å². The van der Waals surface area contributed by atoms with Gasteiger partial charge in [-0.05, 0) is 92.3 Å². The van der Waals surface area contributed by atoms with Gasteiger partial charge in [0.1, 0.15) is 11.5 Å². The van der Waals surface area contributed by atoms with Crippen molar-refractivity contribution in [2.75, 3.05) is 10.6 Å². The van der Waals surface area contributed by atoms with Gasteiger partial charge in [-0.1, -0.05) is 12.1 Å². The second-order valence-corrected chi connectivity index (χ2v) is 6.56. The van der Waals surface area contributed by atoms with Crippen LogP contribution in [0.2, 0.25) is 0 Å². The molecule has 0 heterocycles. The normalized spacial score (nSPS) is 10.1. The number of thiocarbonyl (C=S) groups is 1. The van der Waals surface area contributed by atoms with Crippen molar-refractivity contribution < 1.29 is 9.53 Å². The fraction of sp³-hybridized carbons (Fsp3) is 0.0909. The summed E-state index contributed by atoms with van der Waals surface area (Å²) in [6, 6.07) is 22.7. The molecule has 3 aromatic carbocycles. The fourth-order valence-corrected chi connectivity index (χ4v) is 2.74. The summed E-state index contributed by atoms with van der Waals surface area (Å²) in [7, 11) is 0.